The molecule has 0 amide bonds. The van der Waals surface area contributed by atoms with Gasteiger partial charge in [0, 0.05) is 6.42 Å². The smallest absolute Gasteiger partial charge is 0.162 e. The quantitative estimate of drug-likeness (QED) is 0.481. The highest BCUT2D eigenvalue weighted by molar-refractivity contribution is 6.33. The van der Waals surface area contributed by atoms with Gasteiger partial charge < -0.3 is 11.1 Å². The molecule has 0 aliphatic carbocycles. The van der Waals surface area contributed by atoms with E-state index in [-0.39, 0.29) is 0 Å². The zero-order valence-corrected chi connectivity index (χ0v) is 6.86. The molecule has 0 aromatic rings. The third-order valence-electron chi connectivity index (χ3n) is 1.40. The summed E-state index contributed by atoms with van der Waals surface area (Å²) < 4.78 is 0. The van der Waals surface area contributed by atoms with Crippen molar-refractivity contribution in [3.05, 3.63) is 0 Å². The van der Waals surface area contributed by atoms with E-state index in [4.69, 9.17) is 28.9 Å². The standard InChI is InChI=1S/C5H9Cl2N3/c6-4-5(7,1-2-8)10-3-9-4/h3-4H,1-2,8H2,(H,9,10)/t4-,5-/m1/s1. The summed E-state index contributed by atoms with van der Waals surface area (Å²) in [5.74, 6) is 0. The predicted molar refractivity (Wildman–Crippen MR) is 43.5 cm³/mol. The molecular weight excluding hydrogens is 173 g/mol. The van der Waals surface area contributed by atoms with E-state index in [0.717, 1.165) is 0 Å². The lowest BCUT2D eigenvalue weighted by Crippen LogP contribution is -2.42. The molecule has 58 valence electrons. The molecule has 1 heterocycles. The Hall–Kier alpha value is 0.01000. The minimum atomic E-state index is -0.656. The number of hydrogen-bond donors (Lipinski definition) is 2. The Labute approximate surface area is 69.6 Å². The molecule has 2 atom stereocenters. The molecule has 3 N–H and O–H groups in total. The summed E-state index contributed by atoms with van der Waals surface area (Å²) >= 11 is 11.7. The molecule has 0 fully saturated rings. The first-order valence-corrected chi connectivity index (χ1v) is 3.83. The summed E-state index contributed by atoms with van der Waals surface area (Å²) in [5, 5.41) is 2.85. The van der Waals surface area contributed by atoms with Crippen molar-refractivity contribution in [2.45, 2.75) is 16.9 Å². The fraction of sp³-hybridized carbons (Fsp3) is 0.800. The number of rotatable bonds is 2. The van der Waals surface area contributed by atoms with Gasteiger partial charge in [0.1, 0.15) is 0 Å². The summed E-state index contributed by atoms with van der Waals surface area (Å²) in [6, 6.07) is 0. The lowest BCUT2D eigenvalue weighted by atomic mass is 10.2. The van der Waals surface area contributed by atoms with Gasteiger partial charge in [-0.2, -0.15) is 0 Å². The first-order chi connectivity index (χ1) is 4.69. The minimum absolute atomic E-state index is 0.405. The molecule has 10 heavy (non-hydrogen) atoms. The molecule has 5 heteroatoms. The van der Waals surface area contributed by atoms with Crippen molar-refractivity contribution in [3.63, 3.8) is 0 Å². The monoisotopic (exact) mass is 181 g/mol. The number of alkyl halides is 2. The molecule has 1 rings (SSSR count). The van der Waals surface area contributed by atoms with Crippen LogP contribution in [0.5, 0.6) is 0 Å². The van der Waals surface area contributed by atoms with Crippen molar-refractivity contribution in [1.82, 2.24) is 5.32 Å². The van der Waals surface area contributed by atoms with Gasteiger partial charge in [0.25, 0.3) is 0 Å². The first kappa shape index (κ1) is 8.11. The number of nitrogens with one attached hydrogen (secondary N) is 1. The van der Waals surface area contributed by atoms with Gasteiger partial charge >= 0.3 is 0 Å². The van der Waals surface area contributed by atoms with Gasteiger partial charge in [-0.15, -0.1) is 0 Å². The van der Waals surface area contributed by atoms with Crippen LogP contribution in [0.25, 0.3) is 0 Å². The van der Waals surface area contributed by atoms with Crippen molar-refractivity contribution in [2.75, 3.05) is 6.54 Å². The summed E-state index contributed by atoms with van der Waals surface area (Å²) in [7, 11) is 0. The van der Waals surface area contributed by atoms with Crippen LogP contribution in [0.15, 0.2) is 4.99 Å². The van der Waals surface area contributed by atoms with Gasteiger partial charge in [-0.1, -0.05) is 23.2 Å². The van der Waals surface area contributed by atoms with E-state index < -0.39 is 10.5 Å². The summed E-state index contributed by atoms with van der Waals surface area (Å²) in [6.07, 6.45) is 2.13. The van der Waals surface area contributed by atoms with Crippen molar-refractivity contribution in [1.29, 1.82) is 0 Å². The molecule has 0 aromatic heterocycles. The molecule has 0 unspecified atom stereocenters. The van der Waals surface area contributed by atoms with Crippen LogP contribution in [0.2, 0.25) is 0 Å². The molecule has 1 aliphatic heterocycles. The molecule has 3 nitrogen and oxygen atoms in total. The third kappa shape index (κ3) is 1.36. The van der Waals surface area contributed by atoms with Crippen LogP contribution < -0.4 is 11.1 Å². The van der Waals surface area contributed by atoms with Gasteiger partial charge in [-0.3, -0.25) is 4.99 Å². The topological polar surface area (TPSA) is 50.4 Å². The van der Waals surface area contributed by atoms with E-state index in [1.807, 2.05) is 0 Å². The van der Waals surface area contributed by atoms with Crippen LogP contribution in [0, 0.1) is 0 Å². The second-order valence-corrected chi connectivity index (χ2v) is 3.25. The fourth-order valence-electron chi connectivity index (χ4n) is 0.798. The lowest BCUT2D eigenvalue weighted by Gasteiger charge is -2.22. The molecule has 0 saturated heterocycles. The van der Waals surface area contributed by atoms with Crippen LogP contribution >= 0.6 is 23.2 Å². The maximum Gasteiger partial charge on any atom is 0.162 e. The Balaban J connectivity index is 2.52. The molecule has 0 spiro atoms. The van der Waals surface area contributed by atoms with Crippen LogP contribution in [-0.4, -0.2) is 23.4 Å². The average Bonchev–Trinajstić information content (AvgIpc) is 2.15. The van der Waals surface area contributed by atoms with Gasteiger partial charge in [-0.25, -0.2) is 0 Å². The highest BCUT2D eigenvalue weighted by atomic mass is 35.5. The van der Waals surface area contributed by atoms with Crippen LogP contribution in [0.1, 0.15) is 6.42 Å². The zero-order chi connectivity index (χ0) is 7.61. The van der Waals surface area contributed by atoms with E-state index in [9.17, 15) is 0 Å². The average molecular weight is 182 g/mol. The largest absolute Gasteiger partial charge is 0.355 e. The molecule has 0 radical (unpaired) electrons. The van der Waals surface area contributed by atoms with Crippen LogP contribution in [-0.2, 0) is 0 Å². The first-order valence-electron chi connectivity index (χ1n) is 3.01. The summed E-state index contributed by atoms with van der Waals surface area (Å²) in [4.78, 5) is 3.19. The molecular formula is C5H9Cl2N3. The minimum Gasteiger partial charge on any atom is -0.355 e. The van der Waals surface area contributed by atoms with E-state index in [1.165, 1.54) is 6.34 Å². The third-order valence-corrected chi connectivity index (χ3v) is 2.50. The van der Waals surface area contributed by atoms with Crippen molar-refractivity contribution >= 4 is 29.5 Å². The maximum absolute atomic E-state index is 5.97. The van der Waals surface area contributed by atoms with E-state index in [0.29, 0.717) is 13.0 Å². The summed E-state index contributed by atoms with van der Waals surface area (Å²) in [5.41, 5.74) is 4.91. The molecule has 0 saturated carbocycles. The fourth-order valence-corrected chi connectivity index (χ4v) is 1.24. The highest BCUT2D eigenvalue weighted by Gasteiger charge is 2.37. The molecule has 1 aliphatic rings. The van der Waals surface area contributed by atoms with E-state index >= 15 is 0 Å². The normalized spacial score (nSPS) is 38.1. The zero-order valence-electron chi connectivity index (χ0n) is 5.35. The molecule has 0 aromatic carbocycles. The van der Waals surface area contributed by atoms with Gasteiger partial charge in [0.2, 0.25) is 0 Å². The Morgan fingerprint density at radius 3 is 2.90 bits per heavy atom. The van der Waals surface area contributed by atoms with Crippen LogP contribution in [0.3, 0.4) is 0 Å². The number of halogens is 2. The molecule has 0 bridgehead atoms. The second-order valence-electron chi connectivity index (χ2n) is 2.16. The number of hydrogen-bond acceptors (Lipinski definition) is 3. The van der Waals surface area contributed by atoms with Crippen molar-refractivity contribution in [2.24, 2.45) is 10.7 Å². The van der Waals surface area contributed by atoms with Gasteiger partial charge in [-0.05, 0) is 6.54 Å². The Bertz CT molecular complexity index is 150. The second kappa shape index (κ2) is 2.95. The Morgan fingerprint density at radius 1 is 1.80 bits per heavy atom. The highest BCUT2D eigenvalue weighted by Crippen LogP contribution is 2.28. The maximum atomic E-state index is 5.97. The Morgan fingerprint density at radius 2 is 2.50 bits per heavy atom. The van der Waals surface area contributed by atoms with Gasteiger partial charge in [0.05, 0.1) is 6.34 Å². The van der Waals surface area contributed by atoms with E-state index in [2.05, 4.69) is 10.3 Å². The van der Waals surface area contributed by atoms with Crippen molar-refractivity contribution in [3.8, 4) is 0 Å². The Kier molecular flexibility index (Phi) is 2.39. The lowest BCUT2D eigenvalue weighted by molar-refractivity contribution is 0.518. The summed E-state index contributed by atoms with van der Waals surface area (Å²) in [6.45, 7) is 0.503. The van der Waals surface area contributed by atoms with Crippen LogP contribution in [0.4, 0.5) is 0 Å². The number of nitrogens with zero attached hydrogens (tertiary/aromatic N) is 1. The number of nitrogens with two attached hydrogens (primary N) is 1. The number of aliphatic imine (C=N–C) groups is 1. The predicted octanol–water partition coefficient (Wildman–Crippen LogP) is 0.467. The van der Waals surface area contributed by atoms with Gasteiger partial charge in [0.15, 0.2) is 10.5 Å². The van der Waals surface area contributed by atoms with Crippen molar-refractivity contribution < 1.29 is 0 Å². The van der Waals surface area contributed by atoms with E-state index in [1.54, 1.807) is 0 Å². The SMILES string of the molecule is NCC[C@@]1(Cl)NC=N[C@H]1Cl.